The van der Waals surface area contributed by atoms with E-state index in [-0.39, 0.29) is 5.91 Å². The van der Waals surface area contributed by atoms with Crippen LogP contribution < -0.4 is 5.32 Å². The molecule has 1 fully saturated rings. The van der Waals surface area contributed by atoms with E-state index >= 15 is 0 Å². The predicted molar refractivity (Wildman–Crippen MR) is 90.1 cm³/mol. The first-order chi connectivity index (χ1) is 10.2. The molecule has 21 heavy (non-hydrogen) atoms. The van der Waals surface area contributed by atoms with Crippen LogP contribution in [0, 0.1) is 6.92 Å². The van der Waals surface area contributed by atoms with Gasteiger partial charge in [0, 0.05) is 11.3 Å². The summed E-state index contributed by atoms with van der Waals surface area (Å²) in [6, 6.07) is 9.89. The lowest BCUT2D eigenvalue weighted by atomic mass is 10.2. The second kappa shape index (κ2) is 6.62. The van der Waals surface area contributed by atoms with Crippen molar-refractivity contribution in [2.24, 2.45) is 0 Å². The molecule has 3 nitrogen and oxygen atoms in total. The van der Waals surface area contributed by atoms with E-state index in [0.717, 1.165) is 11.3 Å². The molecule has 2 aromatic rings. The highest BCUT2D eigenvalue weighted by Crippen LogP contribution is 2.44. The van der Waals surface area contributed by atoms with Crippen molar-refractivity contribution < 1.29 is 9.21 Å². The highest BCUT2D eigenvalue weighted by atomic mass is 32.2. The standard InChI is InChI=1S/C16H17NO2S2/c1-11-6-7-19-14(11)15(18)17-13-5-2-4-12(10-13)16-20-8-3-9-21-16/h2,4-7,10,16H,3,8-9H2,1H3,(H,17,18). The summed E-state index contributed by atoms with van der Waals surface area (Å²) in [5, 5.41) is 2.91. The highest BCUT2D eigenvalue weighted by molar-refractivity contribution is 8.16. The zero-order chi connectivity index (χ0) is 14.7. The summed E-state index contributed by atoms with van der Waals surface area (Å²) in [6.45, 7) is 1.87. The van der Waals surface area contributed by atoms with Gasteiger partial charge in [0.25, 0.3) is 5.91 Å². The van der Waals surface area contributed by atoms with Crippen LogP contribution in [0.5, 0.6) is 0 Å². The van der Waals surface area contributed by atoms with Crippen molar-refractivity contribution in [3.8, 4) is 0 Å². The van der Waals surface area contributed by atoms with Crippen LogP contribution in [0.1, 0.15) is 32.7 Å². The summed E-state index contributed by atoms with van der Waals surface area (Å²) in [7, 11) is 0. The van der Waals surface area contributed by atoms with Gasteiger partial charge in [-0.05, 0) is 48.6 Å². The summed E-state index contributed by atoms with van der Waals surface area (Å²) in [4.78, 5) is 12.2. The Morgan fingerprint density at radius 1 is 1.29 bits per heavy atom. The normalized spacial score (nSPS) is 15.9. The number of nitrogens with one attached hydrogen (secondary N) is 1. The molecule has 2 heterocycles. The van der Waals surface area contributed by atoms with Gasteiger partial charge in [0.05, 0.1) is 10.8 Å². The highest BCUT2D eigenvalue weighted by Gasteiger charge is 2.18. The Labute approximate surface area is 132 Å². The molecule has 1 aromatic carbocycles. The van der Waals surface area contributed by atoms with Crippen LogP contribution in [0.3, 0.4) is 0 Å². The van der Waals surface area contributed by atoms with Crippen LogP contribution in [-0.2, 0) is 0 Å². The third-order valence-corrected chi connectivity index (χ3v) is 6.33. The van der Waals surface area contributed by atoms with E-state index < -0.39 is 0 Å². The van der Waals surface area contributed by atoms with Gasteiger partial charge in [-0.3, -0.25) is 4.79 Å². The van der Waals surface area contributed by atoms with Crippen molar-refractivity contribution in [3.05, 3.63) is 53.5 Å². The number of carbonyl (C=O) groups is 1. The summed E-state index contributed by atoms with van der Waals surface area (Å²) < 4.78 is 5.70. The van der Waals surface area contributed by atoms with Crippen LogP contribution >= 0.6 is 23.5 Å². The number of thioether (sulfide) groups is 2. The molecular formula is C16H17NO2S2. The van der Waals surface area contributed by atoms with Gasteiger partial charge < -0.3 is 9.73 Å². The third kappa shape index (κ3) is 3.47. The average molecular weight is 319 g/mol. The summed E-state index contributed by atoms with van der Waals surface area (Å²) in [5.41, 5.74) is 2.93. The topological polar surface area (TPSA) is 42.2 Å². The molecule has 1 aromatic heterocycles. The maximum atomic E-state index is 12.2. The lowest BCUT2D eigenvalue weighted by Crippen LogP contribution is -2.12. The van der Waals surface area contributed by atoms with Crippen molar-refractivity contribution in [1.29, 1.82) is 0 Å². The Hall–Kier alpha value is -1.33. The third-order valence-electron chi connectivity index (χ3n) is 3.31. The first-order valence-corrected chi connectivity index (χ1v) is 9.02. The van der Waals surface area contributed by atoms with Gasteiger partial charge in [0.2, 0.25) is 0 Å². The molecule has 0 atom stereocenters. The van der Waals surface area contributed by atoms with Gasteiger partial charge >= 0.3 is 0 Å². The van der Waals surface area contributed by atoms with E-state index in [9.17, 15) is 4.79 Å². The largest absolute Gasteiger partial charge is 0.459 e. The molecule has 1 saturated heterocycles. The molecule has 3 rings (SSSR count). The molecule has 0 bridgehead atoms. The average Bonchev–Trinajstić information content (AvgIpc) is 2.95. The molecule has 0 spiro atoms. The summed E-state index contributed by atoms with van der Waals surface area (Å²) >= 11 is 3.95. The minimum absolute atomic E-state index is 0.196. The van der Waals surface area contributed by atoms with Crippen LogP contribution in [0.4, 0.5) is 5.69 Å². The second-order valence-corrected chi connectivity index (χ2v) is 7.66. The molecule has 0 radical (unpaired) electrons. The van der Waals surface area contributed by atoms with E-state index in [0.29, 0.717) is 10.3 Å². The lowest BCUT2D eigenvalue weighted by molar-refractivity contribution is 0.0996. The van der Waals surface area contributed by atoms with Gasteiger partial charge in [-0.25, -0.2) is 0 Å². The van der Waals surface area contributed by atoms with E-state index in [1.165, 1.54) is 29.8 Å². The van der Waals surface area contributed by atoms with Gasteiger partial charge in [-0.2, -0.15) is 0 Å². The number of amides is 1. The van der Waals surface area contributed by atoms with Gasteiger partial charge in [0.15, 0.2) is 5.76 Å². The quantitative estimate of drug-likeness (QED) is 0.889. The zero-order valence-corrected chi connectivity index (χ0v) is 13.4. The van der Waals surface area contributed by atoms with Crippen LogP contribution in [0.15, 0.2) is 41.0 Å². The smallest absolute Gasteiger partial charge is 0.291 e. The molecule has 110 valence electrons. The molecule has 0 saturated carbocycles. The molecule has 1 aliphatic heterocycles. The number of hydrogen-bond acceptors (Lipinski definition) is 4. The van der Waals surface area contributed by atoms with Crippen molar-refractivity contribution in [2.75, 3.05) is 16.8 Å². The second-order valence-electron chi connectivity index (χ2n) is 4.94. The Morgan fingerprint density at radius 3 is 2.81 bits per heavy atom. The molecule has 0 unspecified atom stereocenters. The molecule has 1 N–H and O–H groups in total. The number of benzene rings is 1. The number of carbonyl (C=O) groups excluding carboxylic acids is 1. The minimum Gasteiger partial charge on any atom is -0.459 e. The number of rotatable bonds is 3. The van der Waals surface area contributed by atoms with Gasteiger partial charge in [0.1, 0.15) is 0 Å². The monoisotopic (exact) mass is 319 g/mol. The number of anilines is 1. The number of hydrogen-bond donors (Lipinski definition) is 1. The first kappa shape index (κ1) is 14.6. The number of aryl methyl sites for hydroxylation is 1. The fourth-order valence-corrected chi connectivity index (χ4v) is 5.11. The molecule has 1 aliphatic rings. The van der Waals surface area contributed by atoms with Crippen molar-refractivity contribution >= 4 is 35.1 Å². The zero-order valence-electron chi connectivity index (χ0n) is 11.8. The Bertz CT molecular complexity index is 633. The van der Waals surface area contributed by atoms with Crippen LogP contribution in [0.2, 0.25) is 0 Å². The number of furan rings is 1. The minimum atomic E-state index is -0.196. The lowest BCUT2D eigenvalue weighted by Gasteiger charge is -2.21. The summed E-state index contributed by atoms with van der Waals surface area (Å²) in [5.74, 6) is 2.60. The SMILES string of the molecule is Cc1ccoc1C(=O)Nc1cccc(C2SCCCS2)c1. The Morgan fingerprint density at radius 2 is 2.10 bits per heavy atom. The van der Waals surface area contributed by atoms with E-state index in [1.807, 2.05) is 42.6 Å². The Balaban J connectivity index is 1.74. The van der Waals surface area contributed by atoms with Crippen LogP contribution in [0.25, 0.3) is 0 Å². The first-order valence-electron chi connectivity index (χ1n) is 6.92. The molecule has 5 heteroatoms. The van der Waals surface area contributed by atoms with Crippen molar-refractivity contribution in [3.63, 3.8) is 0 Å². The fraction of sp³-hybridized carbons (Fsp3) is 0.312. The molecule has 1 amide bonds. The van der Waals surface area contributed by atoms with Gasteiger partial charge in [-0.1, -0.05) is 12.1 Å². The van der Waals surface area contributed by atoms with E-state index in [4.69, 9.17) is 4.42 Å². The maximum absolute atomic E-state index is 12.2. The summed E-state index contributed by atoms with van der Waals surface area (Å²) in [6.07, 6.45) is 2.82. The van der Waals surface area contributed by atoms with Crippen molar-refractivity contribution in [2.45, 2.75) is 17.9 Å². The molecule has 0 aliphatic carbocycles. The maximum Gasteiger partial charge on any atom is 0.291 e. The Kier molecular flexibility index (Phi) is 4.60. The van der Waals surface area contributed by atoms with E-state index in [2.05, 4.69) is 17.4 Å². The molecular weight excluding hydrogens is 302 g/mol. The predicted octanol–water partition coefficient (Wildman–Crippen LogP) is 4.71. The van der Waals surface area contributed by atoms with E-state index in [1.54, 1.807) is 6.07 Å². The fourth-order valence-electron chi connectivity index (χ4n) is 2.24. The van der Waals surface area contributed by atoms with Gasteiger partial charge in [-0.15, -0.1) is 23.5 Å². The van der Waals surface area contributed by atoms with Crippen molar-refractivity contribution in [1.82, 2.24) is 0 Å². The van der Waals surface area contributed by atoms with Crippen LogP contribution in [-0.4, -0.2) is 17.4 Å².